The number of likely N-dealkylation sites (tertiary alicyclic amines) is 1. The third kappa shape index (κ3) is 3.91. The summed E-state index contributed by atoms with van der Waals surface area (Å²) in [4.78, 5) is 2.25. The van der Waals surface area contributed by atoms with E-state index in [1.807, 2.05) is 48.5 Å². The molecule has 0 aliphatic carbocycles. The summed E-state index contributed by atoms with van der Waals surface area (Å²) in [6.45, 7) is 2.88. The van der Waals surface area contributed by atoms with Crippen LogP contribution in [0.5, 0.6) is 0 Å². The van der Waals surface area contributed by atoms with Crippen LogP contribution in [0.4, 0.5) is 0 Å². The Balaban J connectivity index is 1.51. The first-order valence-electron chi connectivity index (χ1n) is 7.41. The molecule has 1 saturated heterocycles. The van der Waals surface area contributed by atoms with Crippen LogP contribution in [-0.4, -0.2) is 35.3 Å². The number of hydrogen-bond acceptors (Lipinski definition) is 3. The first-order chi connectivity index (χ1) is 10.3. The van der Waals surface area contributed by atoms with Crippen molar-refractivity contribution in [2.45, 2.75) is 25.4 Å². The van der Waals surface area contributed by atoms with Crippen molar-refractivity contribution >= 4 is 0 Å². The fraction of sp³-hybridized carbons (Fsp3) is 0.333. The molecule has 1 aliphatic rings. The normalized spacial score (nSPS) is 22.5. The van der Waals surface area contributed by atoms with E-state index < -0.39 is 6.10 Å². The van der Waals surface area contributed by atoms with E-state index in [1.54, 1.807) is 0 Å². The zero-order chi connectivity index (χ0) is 14.5. The van der Waals surface area contributed by atoms with Crippen LogP contribution in [-0.2, 0) is 17.9 Å². The van der Waals surface area contributed by atoms with Crippen LogP contribution in [0.25, 0.3) is 0 Å². The van der Waals surface area contributed by atoms with E-state index in [2.05, 4.69) is 17.0 Å². The van der Waals surface area contributed by atoms with Crippen LogP contribution in [0.2, 0.25) is 0 Å². The number of ether oxygens (including phenoxy) is 1. The SMILES string of the molecule is OC1CN(Cc2ccccc2)CC1OCc1ccccc1. The highest BCUT2D eigenvalue weighted by Crippen LogP contribution is 2.18. The lowest BCUT2D eigenvalue weighted by atomic mass is 10.2. The van der Waals surface area contributed by atoms with Gasteiger partial charge in [0.2, 0.25) is 0 Å². The fourth-order valence-corrected chi connectivity index (χ4v) is 2.74. The van der Waals surface area contributed by atoms with Gasteiger partial charge in [0.15, 0.2) is 0 Å². The second-order valence-corrected chi connectivity index (χ2v) is 5.58. The number of aliphatic hydroxyl groups is 1. The Labute approximate surface area is 125 Å². The summed E-state index contributed by atoms with van der Waals surface area (Å²) in [5.41, 5.74) is 2.42. The second kappa shape index (κ2) is 6.85. The van der Waals surface area contributed by atoms with Crippen molar-refractivity contribution in [1.82, 2.24) is 4.90 Å². The maximum absolute atomic E-state index is 10.1. The molecular weight excluding hydrogens is 262 g/mol. The smallest absolute Gasteiger partial charge is 0.0977 e. The molecule has 2 aromatic rings. The van der Waals surface area contributed by atoms with Crippen LogP contribution in [0.3, 0.4) is 0 Å². The van der Waals surface area contributed by atoms with E-state index in [1.165, 1.54) is 5.56 Å². The number of hydrogen-bond donors (Lipinski definition) is 1. The highest BCUT2D eigenvalue weighted by molar-refractivity contribution is 5.15. The first-order valence-corrected chi connectivity index (χ1v) is 7.41. The zero-order valence-electron chi connectivity index (χ0n) is 12.1. The lowest BCUT2D eigenvalue weighted by molar-refractivity contribution is -0.0175. The van der Waals surface area contributed by atoms with Crippen molar-refractivity contribution in [2.75, 3.05) is 13.1 Å². The van der Waals surface area contributed by atoms with Crippen LogP contribution < -0.4 is 0 Å². The Bertz CT molecular complexity index is 544. The molecule has 0 amide bonds. The Hall–Kier alpha value is -1.68. The highest BCUT2D eigenvalue weighted by Gasteiger charge is 2.31. The van der Waals surface area contributed by atoms with Gasteiger partial charge in [0, 0.05) is 19.6 Å². The van der Waals surface area contributed by atoms with Crippen LogP contribution in [0, 0.1) is 0 Å². The third-order valence-electron chi connectivity index (χ3n) is 3.87. The standard InChI is InChI=1S/C18H21NO2/c20-17-12-19(11-15-7-3-1-4-8-15)13-18(17)21-14-16-9-5-2-6-10-16/h1-10,17-18,20H,11-14H2. The van der Waals surface area contributed by atoms with Crippen LogP contribution in [0.1, 0.15) is 11.1 Å². The van der Waals surface area contributed by atoms with Gasteiger partial charge in [-0.3, -0.25) is 4.90 Å². The average molecular weight is 283 g/mol. The minimum absolute atomic E-state index is 0.103. The van der Waals surface area contributed by atoms with Gasteiger partial charge in [-0.1, -0.05) is 60.7 Å². The summed E-state index contributed by atoms with van der Waals surface area (Å²) in [6, 6.07) is 20.4. The van der Waals surface area contributed by atoms with Crippen molar-refractivity contribution in [3.63, 3.8) is 0 Å². The summed E-state index contributed by atoms with van der Waals surface area (Å²) in [6.07, 6.45) is -0.508. The number of β-amino-alcohol motifs (C(OH)–C–C–N with tert-alkyl or cyclic N) is 1. The molecule has 3 nitrogen and oxygen atoms in total. The average Bonchev–Trinajstić information content (AvgIpc) is 2.87. The molecule has 21 heavy (non-hydrogen) atoms. The van der Waals surface area contributed by atoms with E-state index in [4.69, 9.17) is 4.74 Å². The Morgan fingerprint density at radius 2 is 1.52 bits per heavy atom. The molecule has 1 aliphatic heterocycles. The van der Waals surface area contributed by atoms with Gasteiger partial charge in [0.1, 0.15) is 0 Å². The van der Waals surface area contributed by atoms with Crippen molar-refractivity contribution in [1.29, 1.82) is 0 Å². The van der Waals surface area contributed by atoms with Gasteiger partial charge in [-0.2, -0.15) is 0 Å². The molecule has 0 aromatic heterocycles. The maximum Gasteiger partial charge on any atom is 0.0977 e. The molecule has 1 fully saturated rings. The third-order valence-corrected chi connectivity index (χ3v) is 3.87. The van der Waals surface area contributed by atoms with Crippen molar-refractivity contribution < 1.29 is 9.84 Å². The number of benzene rings is 2. The quantitative estimate of drug-likeness (QED) is 0.915. The summed E-state index contributed by atoms with van der Waals surface area (Å²) < 4.78 is 5.88. The van der Waals surface area contributed by atoms with E-state index >= 15 is 0 Å². The van der Waals surface area contributed by atoms with E-state index in [9.17, 15) is 5.11 Å². The van der Waals surface area contributed by atoms with Crippen molar-refractivity contribution in [3.8, 4) is 0 Å². The topological polar surface area (TPSA) is 32.7 Å². The van der Waals surface area contributed by atoms with E-state index in [0.29, 0.717) is 13.2 Å². The molecule has 0 spiro atoms. The van der Waals surface area contributed by atoms with Crippen molar-refractivity contribution in [3.05, 3.63) is 71.8 Å². The molecule has 2 aromatic carbocycles. The molecule has 0 radical (unpaired) electrons. The molecule has 110 valence electrons. The van der Waals surface area contributed by atoms with Gasteiger partial charge in [-0.15, -0.1) is 0 Å². The van der Waals surface area contributed by atoms with Gasteiger partial charge in [-0.25, -0.2) is 0 Å². The fourth-order valence-electron chi connectivity index (χ4n) is 2.74. The monoisotopic (exact) mass is 283 g/mol. The number of rotatable bonds is 5. The van der Waals surface area contributed by atoms with Crippen LogP contribution >= 0.6 is 0 Å². The maximum atomic E-state index is 10.1. The Kier molecular flexibility index (Phi) is 4.65. The molecule has 3 rings (SSSR count). The van der Waals surface area contributed by atoms with Crippen LogP contribution in [0.15, 0.2) is 60.7 Å². The second-order valence-electron chi connectivity index (χ2n) is 5.58. The van der Waals surface area contributed by atoms with Gasteiger partial charge < -0.3 is 9.84 Å². The summed E-state index contributed by atoms with van der Waals surface area (Å²) in [7, 11) is 0. The molecular formula is C18H21NO2. The molecule has 0 saturated carbocycles. The summed E-state index contributed by atoms with van der Waals surface area (Å²) in [5, 5.41) is 10.1. The van der Waals surface area contributed by atoms with Gasteiger partial charge in [0.25, 0.3) is 0 Å². The largest absolute Gasteiger partial charge is 0.389 e. The lowest BCUT2D eigenvalue weighted by Gasteiger charge is -2.16. The Morgan fingerprint density at radius 3 is 2.19 bits per heavy atom. The zero-order valence-corrected chi connectivity index (χ0v) is 12.1. The van der Waals surface area contributed by atoms with Gasteiger partial charge in [0.05, 0.1) is 18.8 Å². The van der Waals surface area contributed by atoms with Gasteiger partial charge >= 0.3 is 0 Å². The highest BCUT2D eigenvalue weighted by atomic mass is 16.5. The Morgan fingerprint density at radius 1 is 0.905 bits per heavy atom. The van der Waals surface area contributed by atoms with E-state index in [0.717, 1.165) is 18.7 Å². The van der Waals surface area contributed by atoms with Crippen molar-refractivity contribution in [2.24, 2.45) is 0 Å². The minimum atomic E-state index is -0.405. The first kappa shape index (κ1) is 14.3. The molecule has 2 atom stereocenters. The predicted octanol–water partition coefficient (Wildman–Crippen LogP) is 2.45. The van der Waals surface area contributed by atoms with E-state index in [-0.39, 0.29) is 6.10 Å². The molecule has 3 heteroatoms. The molecule has 1 N–H and O–H groups in total. The molecule has 1 heterocycles. The number of nitrogens with zero attached hydrogens (tertiary/aromatic N) is 1. The summed E-state index contributed by atoms with van der Waals surface area (Å²) >= 11 is 0. The van der Waals surface area contributed by atoms with Gasteiger partial charge in [-0.05, 0) is 11.1 Å². The predicted molar refractivity (Wildman–Crippen MR) is 82.7 cm³/mol. The number of aliphatic hydroxyl groups excluding tert-OH is 1. The minimum Gasteiger partial charge on any atom is -0.389 e. The summed E-state index contributed by atoms with van der Waals surface area (Å²) in [5.74, 6) is 0. The molecule has 2 unspecified atom stereocenters. The molecule has 0 bridgehead atoms. The lowest BCUT2D eigenvalue weighted by Crippen LogP contribution is -2.26.